The predicted octanol–water partition coefficient (Wildman–Crippen LogP) is 2.86. The molecule has 0 bridgehead atoms. The van der Waals surface area contributed by atoms with Crippen LogP contribution >= 0.6 is 0 Å². The van der Waals surface area contributed by atoms with E-state index in [4.69, 9.17) is 5.11 Å². The monoisotopic (exact) mass is 260 g/mol. The number of halogens is 1. The van der Waals surface area contributed by atoms with E-state index >= 15 is 0 Å². The van der Waals surface area contributed by atoms with Gasteiger partial charge in [-0.25, -0.2) is 19.2 Å². The van der Waals surface area contributed by atoms with Crippen molar-refractivity contribution in [1.82, 2.24) is 9.97 Å². The zero-order valence-electron chi connectivity index (χ0n) is 10.4. The lowest BCUT2D eigenvalue weighted by Gasteiger charge is -2.15. The van der Waals surface area contributed by atoms with Gasteiger partial charge in [0.1, 0.15) is 6.33 Å². The molecule has 1 aromatic heterocycles. The van der Waals surface area contributed by atoms with E-state index in [9.17, 15) is 9.18 Å². The number of rotatable bonds is 4. The van der Waals surface area contributed by atoms with Crippen LogP contribution in [0.25, 0.3) is 0 Å². The molecule has 0 aliphatic heterocycles. The summed E-state index contributed by atoms with van der Waals surface area (Å²) < 4.78 is 14.1. The third kappa shape index (κ3) is 2.59. The molecule has 0 fully saturated rings. The fourth-order valence-electron chi connectivity index (χ4n) is 2.05. The maximum absolute atomic E-state index is 14.1. The van der Waals surface area contributed by atoms with Crippen molar-refractivity contribution in [2.24, 2.45) is 0 Å². The summed E-state index contributed by atoms with van der Waals surface area (Å²) in [5.41, 5.74) is 0.444. The molecule has 2 rings (SSSR count). The summed E-state index contributed by atoms with van der Waals surface area (Å²) in [6, 6.07) is 9.33. The van der Waals surface area contributed by atoms with Gasteiger partial charge in [0, 0.05) is 5.92 Å². The molecule has 0 spiro atoms. The van der Waals surface area contributed by atoms with E-state index in [-0.39, 0.29) is 11.6 Å². The van der Waals surface area contributed by atoms with Crippen LogP contribution < -0.4 is 0 Å². The largest absolute Gasteiger partial charge is 0.476 e. The molecule has 0 aliphatic rings. The van der Waals surface area contributed by atoms with Crippen LogP contribution in [0.1, 0.15) is 41.0 Å². The van der Waals surface area contributed by atoms with Gasteiger partial charge in [-0.1, -0.05) is 37.3 Å². The van der Waals surface area contributed by atoms with Crippen LogP contribution in [0.15, 0.2) is 36.7 Å². The van der Waals surface area contributed by atoms with Crippen molar-refractivity contribution in [2.75, 3.05) is 0 Å². The molecule has 1 unspecified atom stereocenters. The van der Waals surface area contributed by atoms with Crippen LogP contribution in [0.2, 0.25) is 0 Å². The van der Waals surface area contributed by atoms with Crippen molar-refractivity contribution in [3.05, 3.63) is 59.4 Å². The van der Waals surface area contributed by atoms with Gasteiger partial charge in [0.15, 0.2) is 11.5 Å². The van der Waals surface area contributed by atoms with Gasteiger partial charge in [-0.15, -0.1) is 0 Å². The lowest BCUT2D eigenvalue weighted by atomic mass is 9.92. The van der Waals surface area contributed by atoms with Gasteiger partial charge < -0.3 is 5.11 Å². The Morgan fingerprint density at radius 2 is 2.00 bits per heavy atom. The van der Waals surface area contributed by atoms with E-state index in [2.05, 4.69) is 9.97 Å². The van der Waals surface area contributed by atoms with E-state index in [1.54, 1.807) is 0 Å². The molecule has 98 valence electrons. The highest BCUT2D eigenvalue weighted by atomic mass is 19.1. The van der Waals surface area contributed by atoms with Gasteiger partial charge in [-0.05, 0) is 12.0 Å². The molecule has 0 saturated carbocycles. The van der Waals surface area contributed by atoms with Crippen LogP contribution in [-0.4, -0.2) is 21.0 Å². The number of aromatic carboxylic acids is 1. The van der Waals surface area contributed by atoms with Crippen LogP contribution in [0, 0.1) is 5.82 Å². The molecule has 1 aromatic carbocycles. The van der Waals surface area contributed by atoms with E-state index in [0.717, 1.165) is 11.9 Å². The van der Waals surface area contributed by atoms with Crippen molar-refractivity contribution in [3.8, 4) is 0 Å². The normalized spacial score (nSPS) is 12.1. The Hall–Kier alpha value is -2.30. The standard InChI is InChI=1S/C14H13FN2O2/c1-2-10(9-6-4-3-5-7-9)12-11(15)13(14(18)19)17-8-16-12/h3-8,10H,2H2,1H3,(H,18,19). The number of carbonyl (C=O) groups is 1. The molecular weight excluding hydrogens is 247 g/mol. The van der Waals surface area contributed by atoms with Gasteiger partial charge in [-0.2, -0.15) is 0 Å². The van der Waals surface area contributed by atoms with Gasteiger partial charge in [0.25, 0.3) is 0 Å². The molecule has 1 N–H and O–H groups in total. The lowest BCUT2D eigenvalue weighted by Crippen LogP contribution is -2.12. The number of carboxylic acid groups (broad SMARTS) is 1. The number of hydrogen-bond donors (Lipinski definition) is 1. The number of hydrogen-bond acceptors (Lipinski definition) is 3. The Balaban J connectivity index is 2.51. The second-order valence-electron chi connectivity index (χ2n) is 4.10. The average Bonchev–Trinajstić information content (AvgIpc) is 2.42. The Bertz CT molecular complexity index is 587. The van der Waals surface area contributed by atoms with Crippen molar-refractivity contribution in [1.29, 1.82) is 0 Å². The Morgan fingerprint density at radius 1 is 1.32 bits per heavy atom. The van der Waals surface area contributed by atoms with E-state index in [1.807, 2.05) is 37.3 Å². The molecule has 4 nitrogen and oxygen atoms in total. The van der Waals surface area contributed by atoms with Crippen molar-refractivity contribution < 1.29 is 14.3 Å². The van der Waals surface area contributed by atoms with Crippen molar-refractivity contribution in [2.45, 2.75) is 19.3 Å². The molecule has 5 heteroatoms. The third-order valence-corrected chi connectivity index (χ3v) is 2.96. The van der Waals surface area contributed by atoms with Crippen LogP contribution in [0.3, 0.4) is 0 Å². The molecule has 19 heavy (non-hydrogen) atoms. The first-order chi connectivity index (χ1) is 9.15. The topological polar surface area (TPSA) is 63.1 Å². The predicted molar refractivity (Wildman–Crippen MR) is 67.5 cm³/mol. The number of carboxylic acids is 1. The summed E-state index contributed by atoms with van der Waals surface area (Å²) in [4.78, 5) is 18.3. The first-order valence-corrected chi connectivity index (χ1v) is 5.93. The minimum absolute atomic E-state index is 0.126. The molecule has 0 radical (unpaired) electrons. The van der Waals surface area contributed by atoms with Crippen LogP contribution in [0.4, 0.5) is 4.39 Å². The van der Waals surface area contributed by atoms with Crippen LogP contribution in [0.5, 0.6) is 0 Å². The van der Waals surface area contributed by atoms with Gasteiger partial charge in [0.05, 0.1) is 5.69 Å². The average molecular weight is 260 g/mol. The van der Waals surface area contributed by atoms with E-state index in [0.29, 0.717) is 6.42 Å². The SMILES string of the molecule is CCC(c1ccccc1)c1ncnc(C(=O)O)c1F. The lowest BCUT2D eigenvalue weighted by molar-refractivity contribution is 0.0684. The first-order valence-electron chi connectivity index (χ1n) is 5.93. The van der Waals surface area contributed by atoms with Crippen molar-refractivity contribution >= 4 is 5.97 Å². The summed E-state index contributed by atoms with van der Waals surface area (Å²) in [6.45, 7) is 1.90. The zero-order chi connectivity index (χ0) is 13.8. The van der Waals surface area contributed by atoms with E-state index in [1.165, 1.54) is 0 Å². The summed E-state index contributed by atoms with van der Waals surface area (Å²) in [7, 11) is 0. The zero-order valence-corrected chi connectivity index (χ0v) is 10.4. The van der Waals surface area contributed by atoms with Gasteiger partial charge in [0.2, 0.25) is 0 Å². The number of nitrogens with zero attached hydrogens (tertiary/aromatic N) is 2. The third-order valence-electron chi connectivity index (χ3n) is 2.96. The molecule has 0 amide bonds. The fraction of sp³-hybridized carbons (Fsp3) is 0.214. The molecular formula is C14H13FN2O2. The van der Waals surface area contributed by atoms with Gasteiger partial charge in [-0.3, -0.25) is 0 Å². The fourth-order valence-corrected chi connectivity index (χ4v) is 2.05. The highest BCUT2D eigenvalue weighted by Gasteiger charge is 2.23. The van der Waals surface area contributed by atoms with Crippen LogP contribution in [-0.2, 0) is 0 Å². The Morgan fingerprint density at radius 3 is 2.58 bits per heavy atom. The maximum atomic E-state index is 14.1. The summed E-state index contributed by atoms with van der Waals surface area (Å²) in [5, 5.41) is 8.88. The molecule has 0 aliphatic carbocycles. The van der Waals surface area contributed by atoms with E-state index < -0.39 is 17.5 Å². The smallest absolute Gasteiger partial charge is 0.357 e. The molecule has 2 aromatic rings. The minimum atomic E-state index is -1.39. The number of aromatic nitrogens is 2. The second-order valence-corrected chi connectivity index (χ2v) is 4.10. The maximum Gasteiger partial charge on any atom is 0.357 e. The summed E-state index contributed by atoms with van der Waals surface area (Å²) in [5.74, 6) is -2.52. The second kappa shape index (κ2) is 5.56. The summed E-state index contributed by atoms with van der Waals surface area (Å²) in [6.07, 6.45) is 1.71. The molecule has 1 atom stereocenters. The summed E-state index contributed by atoms with van der Waals surface area (Å²) >= 11 is 0. The minimum Gasteiger partial charge on any atom is -0.476 e. The number of benzene rings is 1. The highest BCUT2D eigenvalue weighted by molar-refractivity contribution is 5.85. The first kappa shape index (κ1) is 13.1. The highest BCUT2D eigenvalue weighted by Crippen LogP contribution is 2.28. The quantitative estimate of drug-likeness (QED) is 0.918. The Labute approximate surface area is 110 Å². The molecule has 0 saturated heterocycles. The molecule has 1 heterocycles. The van der Waals surface area contributed by atoms with Gasteiger partial charge >= 0.3 is 5.97 Å². The Kier molecular flexibility index (Phi) is 3.85. The van der Waals surface area contributed by atoms with Crippen molar-refractivity contribution in [3.63, 3.8) is 0 Å².